The van der Waals surface area contributed by atoms with E-state index in [1.54, 1.807) is 0 Å². The van der Waals surface area contributed by atoms with Gasteiger partial charge < -0.3 is 15.5 Å². The summed E-state index contributed by atoms with van der Waals surface area (Å²) in [6, 6.07) is 0. The van der Waals surface area contributed by atoms with Gasteiger partial charge >= 0.3 is 0 Å². The Hall–Kier alpha value is -0.120. The topological polar surface area (TPSA) is 52.5 Å². The number of hydrogen-bond donors (Lipinski definition) is 3. The maximum atomic E-state index is 9.17. The Morgan fingerprint density at radius 3 is 2.56 bits per heavy atom. The summed E-state index contributed by atoms with van der Waals surface area (Å²) in [4.78, 5) is 0. The zero-order chi connectivity index (χ0) is 6.69. The number of hydrogen-bond acceptors (Lipinski definition) is 3. The number of aliphatic hydroxyl groups excluding tert-OH is 2. The molecule has 0 aliphatic carbocycles. The molecule has 0 spiro atoms. The fourth-order valence-electron chi connectivity index (χ4n) is 0.951. The molecule has 1 aliphatic rings. The van der Waals surface area contributed by atoms with Crippen LogP contribution in [0.25, 0.3) is 0 Å². The van der Waals surface area contributed by atoms with E-state index in [0.29, 0.717) is 12.3 Å². The fraction of sp³-hybridized carbons (Fsp3) is 1.00. The van der Waals surface area contributed by atoms with Crippen LogP contribution in [0.15, 0.2) is 0 Å². The van der Waals surface area contributed by atoms with Gasteiger partial charge in [0.15, 0.2) is 0 Å². The monoisotopic (exact) mass is 131 g/mol. The van der Waals surface area contributed by atoms with Crippen LogP contribution in [0.5, 0.6) is 0 Å². The van der Waals surface area contributed by atoms with Gasteiger partial charge in [0, 0.05) is 25.6 Å². The average Bonchev–Trinajstić information content (AvgIpc) is 1.60. The Morgan fingerprint density at radius 2 is 2.22 bits per heavy atom. The molecule has 54 valence electrons. The Morgan fingerprint density at radius 1 is 1.56 bits per heavy atom. The Kier molecular flexibility index (Phi) is 2.45. The predicted octanol–water partition coefficient (Wildman–Crippen LogP) is -1.05. The van der Waals surface area contributed by atoms with Crippen molar-refractivity contribution in [3.8, 4) is 0 Å². The van der Waals surface area contributed by atoms with Gasteiger partial charge in [-0.25, -0.2) is 0 Å². The van der Waals surface area contributed by atoms with Crippen LogP contribution in [0.4, 0.5) is 0 Å². The van der Waals surface area contributed by atoms with Gasteiger partial charge in [-0.05, 0) is 6.42 Å². The lowest BCUT2D eigenvalue weighted by Crippen LogP contribution is -2.48. The average molecular weight is 131 g/mol. The number of nitrogens with one attached hydrogen (secondary N) is 1. The van der Waals surface area contributed by atoms with Crippen molar-refractivity contribution in [3.63, 3.8) is 0 Å². The lowest BCUT2D eigenvalue weighted by molar-refractivity contribution is 0.0541. The van der Waals surface area contributed by atoms with E-state index in [-0.39, 0.29) is 12.7 Å². The van der Waals surface area contributed by atoms with Crippen LogP contribution in [0, 0.1) is 5.92 Å². The highest BCUT2D eigenvalue weighted by Crippen LogP contribution is 2.10. The smallest absolute Gasteiger partial charge is 0.0614 e. The molecule has 3 nitrogen and oxygen atoms in total. The van der Waals surface area contributed by atoms with Crippen molar-refractivity contribution in [3.05, 3.63) is 0 Å². The third-order valence-electron chi connectivity index (χ3n) is 1.78. The standard InChI is InChI=1S/C6H13NO2/c8-2-1-6(9)5-3-7-4-5/h5-9H,1-4H2. The minimum atomic E-state index is -0.295. The molecule has 1 saturated heterocycles. The van der Waals surface area contributed by atoms with Gasteiger partial charge in [0.05, 0.1) is 6.10 Å². The van der Waals surface area contributed by atoms with Gasteiger partial charge in [0.1, 0.15) is 0 Å². The van der Waals surface area contributed by atoms with Gasteiger partial charge in [-0.15, -0.1) is 0 Å². The molecular weight excluding hydrogens is 118 g/mol. The summed E-state index contributed by atoms with van der Waals surface area (Å²) in [5, 5.41) is 20.7. The summed E-state index contributed by atoms with van der Waals surface area (Å²) in [6.07, 6.45) is 0.225. The van der Waals surface area contributed by atoms with Gasteiger partial charge in [-0.3, -0.25) is 0 Å². The van der Waals surface area contributed by atoms with Crippen molar-refractivity contribution in [2.45, 2.75) is 12.5 Å². The van der Waals surface area contributed by atoms with Crippen molar-refractivity contribution >= 4 is 0 Å². The van der Waals surface area contributed by atoms with Crippen molar-refractivity contribution in [2.75, 3.05) is 19.7 Å². The first-order valence-corrected chi connectivity index (χ1v) is 3.34. The Bertz CT molecular complexity index is 83.1. The third-order valence-corrected chi connectivity index (χ3v) is 1.78. The van der Waals surface area contributed by atoms with Crippen molar-refractivity contribution in [2.24, 2.45) is 5.92 Å². The first kappa shape index (κ1) is 6.99. The molecule has 1 rings (SSSR count). The molecule has 3 N–H and O–H groups in total. The van der Waals surface area contributed by atoms with E-state index >= 15 is 0 Å². The second-order valence-corrected chi connectivity index (χ2v) is 2.50. The largest absolute Gasteiger partial charge is 0.396 e. The maximum Gasteiger partial charge on any atom is 0.0614 e. The van der Waals surface area contributed by atoms with Gasteiger partial charge in [-0.2, -0.15) is 0 Å². The second-order valence-electron chi connectivity index (χ2n) is 2.50. The van der Waals surface area contributed by atoms with Gasteiger partial charge in [0.2, 0.25) is 0 Å². The summed E-state index contributed by atoms with van der Waals surface area (Å²) in [6.45, 7) is 1.90. The fourth-order valence-corrected chi connectivity index (χ4v) is 0.951. The van der Waals surface area contributed by atoms with Crippen molar-refractivity contribution < 1.29 is 10.2 Å². The van der Waals surface area contributed by atoms with Crippen LogP contribution in [0.2, 0.25) is 0 Å². The molecule has 1 aliphatic heterocycles. The highest BCUT2D eigenvalue weighted by atomic mass is 16.3. The molecule has 0 aromatic heterocycles. The summed E-state index contributed by atoms with van der Waals surface area (Å²) >= 11 is 0. The normalized spacial score (nSPS) is 23.3. The molecule has 1 fully saturated rings. The zero-order valence-corrected chi connectivity index (χ0v) is 5.38. The molecule has 1 unspecified atom stereocenters. The van der Waals surface area contributed by atoms with Crippen LogP contribution < -0.4 is 5.32 Å². The SMILES string of the molecule is OCCC(O)C1CNC1. The summed E-state index contributed by atoms with van der Waals surface area (Å²) < 4.78 is 0. The van der Waals surface area contributed by atoms with E-state index in [4.69, 9.17) is 10.2 Å². The molecule has 3 heteroatoms. The molecule has 0 amide bonds. The third kappa shape index (κ3) is 1.64. The first-order valence-electron chi connectivity index (χ1n) is 3.34. The second kappa shape index (κ2) is 3.15. The Labute approximate surface area is 54.7 Å². The molecule has 0 radical (unpaired) electrons. The highest BCUT2D eigenvalue weighted by molar-refractivity contribution is 4.80. The quantitative estimate of drug-likeness (QED) is 0.458. The Balaban J connectivity index is 2.08. The number of rotatable bonds is 3. The van der Waals surface area contributed by atoms with E-state index in [1.807, 2.05) is 0 Å². The zero-order valence-electron chi connectivity index (χ0n) is 5.38. The lowest BCUT2D eigenvalue weighted by atomic mass is 9.94. The van der Waals surface area contributed by atoms with E-state index in [9.17, 15) is 0 Å². The molecule has 0 bridgehead atoms. The van der Waals surface area contributed by atoms with Gasteiger partial charge in [0.25, 0.3) is 0 Å². The molecule has 0 aromatic rings. The van der Waals surface area contributed by atoms with Crippen LogP contribution in [-0.4, -0.2) is 36.0 Å². The van der Waals surface area contributed by atoms with Gasteiger partial charge in [-0.1, -0.05) is 0 Å². The molecule has 1 heterocycles. The van der Waals surface area contributed by atoms with Crippen molar-refractivity contribution in [1.29, 1.82) is 0 Å². The van der Waals surface area contributed by atoms with E-state index in [1.165, 1.54) is 0 Å². The summed E-state index contributed by atoms with van der Waals surface area (Å²) in [7, 11) is 0. The molecule has 9 heavy (non-hydrogen) atoms. The van der Waals surface area contributed by atoms with Crippen LogP contribution in [0.1, 0.15) is 6.42 Å². The lowest BCUT2D eigenvalue weighted by Gasteiger charge is -2.31. The van der Waals surface area contributed by atoms with E-state index in [2.05, 4.69) is 5.32 Å². The molecular formula is C6H13NO2. The van der Waals surface area contributed by atoms with Crippen LogP contribution in [-0.2, 0) is 0 Å². The van der Waals surface area contributed by atoms with Crippen molar-refractivity contribution in [1.82, 2.24) is 5.32 Å². The number of aliphatic hydroxyl groups is 2. The van der Waals surface area contributed by atoms with E-state index < -0.39 is 0 Å². The first-order chi connectivity index (χ1) is 4.34. The summed E-state index contributed by atoms with van der Waals surface area (Å²) in [5.41, 5.74) is 0. The predicted molar refractivity (Wildman–Crippen MR) is 34.1 cm³/mol. The minimum absolute atomic E-state index is 0.0949. The summed E-state index contributed by atoms with van der Waals surface area (Å²) in [5.74, 6) is 0.386. The minimum Gasteiger partial charge on any atom is -0.396 e. The van der Waals surface area contributed by atoms with Crippen LogP contribution in [0.3, 0.4) is 0 Å². The molecule has 0 aromatic carbocycles. The molecule has 0 saturated carbocycles. The molecule has 1 atom stereocenters. The van der Waals surface area contributed by atoms with E-state index in [0.717, 1.165) is 13.1 Å². The van der Waals surface area contributed by atoms with Crippen LogP contribution >= 0.6 is 0 Å². The highest BCUT2D eigenvalue weighted by Gasteiger charge is 2.24. The maximum absolute atomic E-state index is 9.17.